The lowest BCUT2D eigenvalue weighted by Gasteiger charge is -2.25. The van der Waals surface area contributed by atoms with Crippen molar-refractivity contribution in [2.45, 2.75) is 32.8 Å². The number of nitrogens with one attached hydrogen (secondary N) is 1. The number of nitrogens with zero attached hydrogens (tertiary/aromatic N) is 1. The molecule has 0 fully saturated rings. The molecule has 1 unspecified atom stereocenters. The minimum Gasteiger partial charge on any atom is -0.503 e. The van der Waals surface area contributed by atoms with Gasteiger partial charge in [0.2, 0.25) is 0 Å². The number of esters is 1. The van der Waals surface area contributed by atoms with Crippen LogP contribution in [0.25, 0.3) is 0 Å². The Balaban J connectivity index is 1.70. The van der Waals surface area contributed by atoms with Gasteiger partial charge in [0.25, 0.3) is 5.91 Å². The zero-order valence-corrected chi connectivity index (χ0v) is 19.2. The van der Waals surface area contributed by atoms with Crippen LogP contribution in [0.2, 0.25) is 0 Å². The lowest BCUT2D eigenvalue weighted by Crippen LogP contribution is -2.34. The number of carbonyl (C=O) groups is 2. The average molecular weight is 449 g/mol. The average Bonchev–Trinajstić information content (AvgIpc) is 2.80. The summed E-state index contributed by atoms with van der Waals surface area (Å²) < 4.78 is 10.7. The second-order valence-corrected chi connectivity index (χ2v) is 7.89. The lowest BCUT2D eigenvalue weighted by molar-refractivity contribution is -0.147. The van der Waals surface area contributed by atoms with E-state index in [0.29, 0.717) is 0 Å². The van der Waals surface area contributed by atoms with Gasteiger partial charge in [-0.2, -0.15) is 0 Å². The van der Waals surface area contributed by atoms with E-state index in [4.69, 9.17) is 9.47 Å². The summed E-state index contributed by atoms with van der Waals surface area (Å²) in [4.78, 5) is 28.7. The molecule has 1 atom stereocenters. The highest BCUT2D eigenvalue weighted by atomic mass is 16.5. The first-order valence-electron chi connectivity index (χ1n) is 10.6. The molecule has 0 saturated carbocycles. The van der Waals surface area contributed by atoms with Gasteiger partial charge in [-0.25, -0.2) is 4.98 Å². The van der Waals surface area contributed by atoms with Crippen molar-refractivity contribution in [1.82, 2.24) is 10.3 Å². The Morgan fingerprint density at radius 3 is 2.03 bits per heavy atom. The molecule has 1 aromatic heterocycles. The molecule has 0 spiro atoms. The number of benzene rings is 2. The fourth-order valence-corrected chi connectivity index (χ4v) is 3.60. The fraction of sp³-hybridized carbons (Fsp3) is 0.269. The molecule has 3 rings (SSSR count). The van der Waals surface area contributed by atoms with Crippen molar-refractivity contribution in [3.05, 3.63) is 88.7 Å². The molecule has 2 N–H and O–H groups in total. The molecule has 33 heavy (non-hydrogen) atoms. The number of methoxy groups -OCH3 is 1. The summed E-state index contributed by atoms with van der Waals surface area (Å²) in [6.07, 6.45) is 0.852. The predicted molar refractivity (Wildman–Crippen MR) is 125 cm³/mol. The summed E-state index contributed by atoms with van der Waals surface area (Å²) in [5.74, 6) is -1.74. The van der Waals surface area contributed by atoms with Crippen LogP contribution in [0.5, 0.6) is 11.5 Å². The quantitative estimate of drug-likeness (QED) is 0.507. The molecular weight excluding hydrogens is 420 g/mol. The molecule has 0 aliphatic heterocycles. The molecule has 0 aliphatic rings. The fourth-order valence-electron chi connectivity index (χ4n) is 3.60. The van der Waals surface area contributed by atoms with Crippen molar-refractivity contribution in [2.24, 2.45) is 0 Å². The number of ether oxygens (including phenoxy) is 2. The topological polar surface area (TPSA) is 97.8 Å². The first kappa shape index (κ1) is 23.8. The van der Waals surface area contributed by atoms with Gasteiger partial charge in [-0.15, -0.1) is 0 Å². The number of hydrogen-bond donors (Lipinski definition) is 2. The highest BCUT2D eigenvalue weighted by molar-refractivity contribution is 5.97. The van der Waals surface area contributed by atoms with Gasteiger partial charge in [0.05, 0.1) is 7.11 Å². The molecule has 7 nitrogen and oxygen atoms in total. The van der Waals surface area contributed by atoms with E-state index < -0.39 is 23.7 Å². The molecule has 0 saturated heterocycles. The van der Waals surface area contributed by atoms with Crippen LogP contribution in [0, 0.1) is 13.8 Å². The molecule has 0 aliphatic carbocycles. The minimum atomic E-state index is -0.704. The van der Waals surface area contributed by atoms with Crippen molar-refractivity contribution in [3.63, 3.8) is 0 Å². The Labute approximate surface area is 193 Å². The monoisotopic (exact) mass is 448 g/mol. The van der Waals surface area contributed by atoms with Crippen LogP contribution in [-0.2, 0) is 9.53 Å². The molecule has 172 valence electrons. The highest BCUT2D eigenvalue weighted by Crippen LogP contribution is 2.31. The molecule has 0 bridgehead atoms. The summed E-state index contributed by atoms with van der Waals surface area (Å²) in [5, 5.41) is 12.5. The van der Waals surface area contributed by atoms with Gasteiger partial charge in [0, 0.05) is 18.2 Å². The number of carbonyl (C=O) groups excluding carboxylic acids is 2. The number of aryl methyl sites for hydroxylation is 2. The van der Waals surface area contributed by atoms with E-state index in [-0.39, 0.29) is 23.9 Å². The van der Waals surface area contributed by atoms with E-state index in [1.807, 2.05) is 69.3 Å². The maximum Gasteiger partial charge on any atom is 0.325 e. The van der Waals surface area contributed by atoms with E-state index >= 15 is 0 Å². The van der Waals surface area contributed by atoms with E-state index in [0.717, 1.165) is 22.3 Å². The molecule has 7 heteroatoms. The molecule has 0 radical (unpaired) electrons. The maximum absolute atomic E-state index is 12.5. The Hall–Kier alpha value is -3.87. The number of pyridine rings is 1. The summed E-state index contributed by atoms with van der Waals surface area (Å²) in [6.45, 7) is 5.51. The van der Waals surface area contributed by atoms with E-state index in [9.17, 15) is 14.7 Å². The summed E-state index contributed by atoms with van der Waals surface area (Å²) >= 11 is 0. The third-order valence-electron chi connectivity index (χ3n) is 5.38. The third kappa shape index (κ3) is 5.88. The van der Waals surface area contributed by atoms with Gasteiger partial charge in [-0.05, 0) is 31.9 Å². The second kappa shape index (κ2) is 10.6. The van der Waals surface area contributed by atoms with Crippen molar-refractivity contribution in [1.29, 1.82) is 0 Å². The van der Waals surface area contributed by atoms with E-state index in [1.54, 1.807) is 0 Å². The van der Waals surface area contributed by atoms with Crippen LogP contribution in [0.15, 0.2) is 60.8 Å². The van der Waals surface area contributed by atoms with Crippen molar-refractivity contribution < 1.29 is 24.2 Å². The smallest absolute Gasteiger partial charge is 0.325 e. The largest absolute Gasteiger partial charge is 0.503 e. The summed E-state index contributed by atoms with van der Waals surface area (Å²) in [5.41, 5.74) is 4.11. The summed E-state index contributed by atoms with van der Waals surface area (Å²) in [6, 6.07) is 17.7. The summed E-state index contributed by atoms with van der Waals surface area (Å²) in [7, 11) is 1.37. The molecule has 1 heterocycles. The highest BCUT2D eigenvalue weighted by Gasteiger charge is 2.25. The Morgan fingerprint density at radius 2 is 1.52 bits per heavy atom. The Kier molecular flexibility index (Phi) is 7.66. The van der Waals surface area contributed by atoms with E-state index in [1.165, 1.54) is 19.4 Å². The first-order valence-corrected chi connectivity index (χ1v) is 10.6. The van der Waals surface area contributed by atoms with Crippen molar-refractivity contribution >= 4 is 11.9 Å². The number of aromatic nitrogens is 1. The maximum atomic E-state index is 12.5. The third-order valence-corrected chi connectivity index (χ3v) is 5.38. The Bertz CT molecular complexity index is 1070. The van der Waals surface area contributed by atoms with Gasteiger partial charge < -0.3 is 19.9 Å². The van der Waals surface area contributed by atoms with Crippen LogP contribution < -0.4 is 10.1 Å². The molecule has 1 amide bonds. The van der Waals surface area contributed by atoms with Gasteiger partial charge in [0.1, 0.15) is 12.6 Å². The number of hydrogen-bond acceptors (Lipinski definition) is 6. The van der Waals surface area contributed by atoms with Crippen LogP contribution in [-0.4, -0.2) is 41.7 Å². The van der Waals surface area contributed by atoms with Crippen molar-refractivity contribution in [3.8, 4) is 11.5 Å². The van der Waals surface area contributed by atoms with Crippen LogP contribution in [0.3, 0.4) is 0 Å². The number of rotatable bonds is 8. The lowest BCUT2D eigenvalue weighted by atomic mass is 9.86. The Morgan fingerprint density at radius 1 is 0.970 bits per heavy atom. The van der Waals surface area contributed by atoms with Crippen LogP contribution >= 0.6 is 0 Å². The predicted octanol–water partition coefficient (Wildman–Crippen LogP) is 3.91. The molecule has 2 aromatic carbocycles. The molecule has 3 aromatic rings. The van der Waals surface area contributed by atoms with Crippen LogP contribution in [0.1, 0.15) is 45.6 Å². The van der Waals surface area contributed by atoms with Gasteiger partial charge in [-0.1, -0.05) is 59.7 Å². The zero-order chi connectivity index (χ0) is 24.0. The molecular formula is C26H28N2O5. The normalized spacial score (nSPS) is 11.7. The first-order chi connectivity index (χ1) is 15.8. The standard InChI is InChI=1S/C26H28N2O5/c1-16-5-9-19(10-6-16)23(20-11-7-17(2)8-12-20)18(3)33-22(29)15-28-26(31)24-25(30)21(32-4)13-14-27-24/h5-14,18,23,30H,15H2,1-4H3,(H,28,31). The van der Waals surface area contributed by atoms with Gasteiger partial charge >= 0.3 is 5.97 Å². The zero-order valence-electron chi connectivity index (χ0n) is 19.2. The SMILES string of the molecule is COc1ccnc(C(=O)NCC(=O)OC(C)C(c2ccc(C)cc2)c2ccc(C)cc2)c1O. The van der Waals surface area contributed by atoms with Gasteiger partial charge in [0.15, 0.2) is 17.2 Å². The second-order valence-electron chi connectivity index (χ2n) is 7.89. The van der Waals surface area contributed by atoms with E-state index in [2.05, 4.69) is 10.3 Å². The van der Waals surface area contributed by atoms with Crippen LogP contribution in [0.4, 0.5) is 0 Å². The van der Waals surface area contributed by atoms with Crippen molar-refractivity contribution in [2.75, 3.05) is 13.7 Å². The number of amides is 1. The minimum absolute atomic E-state index is 0.116. The van der Waals surface area contributed by atoms with Gasteiger partial charge in [-0.3, -0.25) is 9.59 Å². The number of aromatic hydroxyl groups is 1.